The van der Waals surface area contributed by atoms with Crippen LogP contribution in [0.4, 0.5) is 5.69 Å². The summed E-state index contributed by atoms with van der Waals surface area (Å²) < 4.78 is 0.840. The van der Waals surface area contributed by atoms with Crippen LogP contribution in [0.1, 0.15) is 0 Å². The van der Waals surface area contributed by atoms with E-state index in [-0.39, 0.29) is 5.15 Å². The van der Waals surface area contributed by atoms with Crippen LogP contribution in [-0.2, 0) is 0 Å². The van der Waals surface area contributed by atoms with E-state index in [0.29, 0.717) is 5.69 Å². The van der Waals surface area contributed by atoms with Crippen molar-refractivity contribution in [3.8, 4) is 0 Å². The lowest BCUT2D eigenvalue weighted by Gasteiger charge is -1.95. The van der Waals surface area contributed by atoms with Crippen molar-refractivity contribution in [3.05, 3.63) is 21.0 Å². The Kier molecular flexibility index (Phi) is 2.56. The summed E-state index contributed by atoms with van der Waals surface area (Å²) in [6.07, 6.45) is 1.58. The van der Waals surface area contributed by atoms with Gasteiger partial charge in [0.1, 0.15) is 5.69 Å². The normalized spacial score (nSPS) is 9.40. The SMILES string of the molecule is N=Nc1c(I)ccnc1Cl. The van der Waals surface area contributed by atoms with E-state index in [9.17, 15) is 0 Å². The zero-order valence-corrected chi connectivity index (χ0v) is 7.72. The molecule has 0 aliphatic rings. The van der Waals surface area contributed by atoms with Crippen LogP contribution in [0.3, 0.4) is 0 Å². The van der Waals surface area contributed by atoms with Crippen LogP contribution >= 0.6 is 34.2 Å². The average Bonchev–Trinajstić information content (AvgIpc) is 1.88. The highest BCUT2D eigenvalue weighted by Gasteiger charge is 2.02. The first-order valence-corrected chi connectivity index (χ1v) is 3.89. The van der Waals surface area contributed by atoms with Gasteiger partial charge in [-0.3, -0.25) is 0 Å². The van der Waals surface area contributed by atoms with Crippen molar-refractivity contribution >= 4 is 39.9 Å². The predicted octanol–water partition coefficient (Wildman–Crippen LogP) is 3.00. The van der Waals surface area contributed by atoms with Crippen LogP contribution in [0.25, 0.3) is 0 Å². The molecule has 1 rings (SSSR count). The topological polar surface area (TPSA) is 49.1 Å². The van der Waals surface area contributed by atoms with E-state index in [1.807, 2.05) is 22.6 Å². The Hall–Kier alpha value is -0.230. The van der Waals surface area contributed by atoms with Crippen molar-refractivity contribution in [1.82, 2.24) is 4.98 Å². The zero-order chi connectivity index (χ0) is 7.56. The largest absolute Gasteiger partial charge is 0.242 e. The first-order chi connectivity index (χ1) is 4.75. The Morgan fingerprint density at radius 1 is 1.70 bits per heavy atom. The smallest absolute Gasteiger partial charge is 0.157 e. The van der Waals surface area contributed by atoms with Gasteiger partial charge in [0.05, 0.1) is 0 Å². The highest BCUT2D eigenvalue weighted by molar-refractivity contribution is 14.1. The molecule has 10 heavy (non-hydrogen) atoms. The second kappa shape index (κ2) is 3.25. The van der Waals surface area contributed by atoms with Crippen LogP contribution in [0.2, 0.25) is 5.15 Å². The summed E-state index contributed by atoms with van der Waals surface area (Å²) in [5.41, 5.74) is 7.16. The fourth-order valence-electron chi connectivity index (χ4n) is 0.506. The summed E-state index contributed by atoms with van der Waals surface area (Å²) >= 11 is 7.65. The van der Waals surface area contributed by atoms with Gasteiger partial charge in [-0.1, -0.05) is 11.6 Å². The van der Waals surface area contributed by atoms with Crippen LogP contribution in [0.15, 0.2) is 17.4 Å². The molecule has 0 saturated carbocycles. The van der Waals surface area contributed by atoms with Crippen molar-refractivity contribution in [3.63, 3.8) is 0 Å². The lowest BCUT2D eigenvalue weighted by atomic mass is 10.4. The van der Waals surface area contributed by atoms with Crippen LogP contribution in [0, 0.1) is 9.10 Å². The van der Waals surface area contributed by atoms with Gasteiger partial charge in [-0.2, -0.15) is 5.11 Å². The third-order valence-corrected chi connectivity index (χ3v) is 2.09. The Morgan fingerprint density at radius 3 is 2.80 bits per heavy atom. The molecule has 0 aromatic carbocycles. The monoisotopic (exact) mass is 267 g/mol. The molecule has 0 unspecified atom stereocenters. The minimum atomic E-state index is 0.280. The predicted molar refractivity (Wildman–Crippen MR) is 46.8 cm³/mol. The lowest BCUT2D eigenvalue weighted by molar-refractivity contribution is 1.12. The number of nitrogens with one attached hydrogen (secondary N) is 1. The van der Waals surface area contributed by atoms with Crippen molar-refractivity contribution in [2.24, 2.45) is 5.11 Å². The molecular formula is C5H3ClIN3. The zero-order valence-electron chi connectivity index (χ0n) is 4.81. The van der Waals surface area contributed by atoms with Gasteiger partial charge < -0.3 is 0 Å². The molecule has 1 aromatic rings. The van der Waals surface area contributed by atoms with Crippen molar-refractivity contribution in [2.45, 2.75) is 0 Å². The number of halogens is 2. The number of nitrogens with zero attached hydrogens (tertiary/aromatic N) is 2. The summed E-state index contributed by atoms with van der Waals surface area (Å²) in [6.45, 7) is 0. The number of hydrogen-bond donors (Lipinski definition) is 1. The summed E-state index contributed by atoms with van der Waals surface area (Å²) in [6, 6.07) is 1.75. The average molecular weight is 267 g/mol. The standard InChI is InChI=1S/C5H3ClIN3/c6-5-4(10-8)3(7)1-2-9-5/h1-2,8H. The van der Waals surface area contributed by atoms with Crippen molar-refractivity contribution in [2.75, 3.05) is 0 Å². The molecule has 1 N–H and O–H groups in total. The van der Waals surface area contributed by atoms with Gasteiger partial charge in [0.25, 0.3) is 0 Å². The Bertz CT molecular complexity index is 243. The first-order valence-electron chi connectivity index (χ1n) is 2.43. The molecule has 0 atom stereocenters. The van der Waals surface area contributed by atoms with Crippen LogP contribution in [-0.4, -0.2) is 4.98 Å². The third-order valence-electron chi connectivity index (χ3n) is 0.942. The highest BCUT2D eigenvalue weighted by Crippen LogP contribution is 2.27. The summed E-state index contributed by atoms with van der Waals surface area (Å²) in [5, 5.41) is 3.50. The lowest BCUT2D eigenvalue weighted by Crippen LogP contribution is -1.77. The molecule has 0 aliphatic carbocycles. The van der Waals surface area contributed by atoms with Crippen LogP contribution in [0.5, 0.6) is 0 Å². The molecule has 52 valence electrons. The second-order valence-electron chi connectivity index (χ2n) is 1.54. The third kappa shape index (κ3) is 1.43. The first kappa shape index (κ1) is 7.87. The number of hydrogen-bond acceptors (Lipinski definition) is 3. The Morgan fingerprint density at radius 2 is 2.40 bits per heavy atom. The molecule has 3 nitrogen and oxygen atoms in total. The summed E-state index contributed by atoms with van der Waals surface area (Å²) in [4.78, 5) is 3.76. The van der Waals surface area contributed by atoms with Crippen molar-refractivity contribution in [1.29, 1.82) is 5.53 Å². The highest BCUT2D eigenvalue weighted by atomic mass is 127. The molecule has 0 bridgehead atoms. The van der Waals surface area contributed by atoms with E-state index < -0.39 is 0 Å². The van der Waals surface area contributed by atoms with Gasteiger partial charge in [0.15, 0.2) is 5.15 Å². The molecule has 0 saturated heterocycles. The van der Waals surface area contributed by atoms with Crippen LogP contribution < -0.4 is 0 Å². The molecule has 5 heteroatoms. The van der Waals surface area contributed by atoms with E-state index in [0.717, 1.165) is 3.57 Å². The van der Waals surface area contributed by atoms with Gasteiger partial charge in [0.2, 0.25) is 0 Å². The van der Waals surface area contributed by atoms with E-state index in [1.165, 1.54) is 0 Å². The van der Waals surface area contributed by atoms with Gasteiger partial charge >= 0.3 is 0 Å². The summed E-state index contributed by atoms with van der Waals surface area (Å²) in [5.74, 6) is 0. The Labute approximate surface area is 76.5 Å². The minimum absolute atomic E-state index is 0.280. The quantitative estimate of drug-likeness (QED) is 0.474. The van der Waals surface area contributed by atoms with E-state index >= 15 is 0 Å². The number of aromatic nitrogens is 1. The minimum Gasteiger partial charge on any atom is -0.242 e. The van der Waals surface area contributed by atoms with Gasteiger partial charge in [-0.25, -0.2) is 10.5 Å². The van der Waals surface area contributed by atoms with Gasteiger partial charge in [-0.05, 0) is 28.7 Å². The van der Waals surface area contributed by atoms with Gasteiger partial charge in [-0.15, -0.1) is 0 Å². The molecule has 0 radical (unpaired) electrons. The van der Waals surface area contributed by atoms with E-state index in [2.05, 4.69) is 10.1 Å². The maximum Gasteiger partial charge on any atom is 0.157 e. The number of rotatable bonds is 1. The van der Waals surface area contributed by atoms with Gasteiger partial charge in [0, 0.05) is 9.77 Å². The maximum absolute atomic E-state index is 6.72. The number of pyridine rings is 1. The fraction of sp³-hybridized carbons (Fsp3) is 0. The fourth-order valence-corrected chi connectivity index (χ4v) is 1.40. The maximum atomic E-state index is 6.72. The van der Waals surface area contributed by atoms with E-state index in [1.54, 1.807) is 12.3 Å². The molecule has 0 spiro atoms. The Balaban J connectivity index is 3.30. The summed E-state index contributed by atoms with van der Waals surface area (Å²) in [7, 11) is 0. The molecule has 0 amide bonds. The molecular weight excluding hydrogens is 264 g/mol. The molecule has 1 heterocycles. The molecule has 1 aromatic heterocycles. The second-order valence-corrected chi connectivity index (χ2v) is 3.06. The van der Waals surface area contributed by atoms with E-state index in [4.69, 9.17) is 17.1 Å². The molecule has 0 aliphatic heterocycles. The molecule has 0 fully saturated rings. The van der Waals surface area contributed by atoms with Crippen molar-refractivity contribution < 1.29 is 0 Å².